The highest BCUT2D eigenvalue weighted by Gasteiger charge is 2.26. The van der Waals surface area contributed by atoms with Gasteiger partial charge in [-0.25, -0.2) is 4.99 Å². The summed E-state index contributed by atoms with van der Waals surface area (Å²) in [6.07, 6.45) is 0.527. The first kappa shape index (κ1) is 11.6. The molecule has 1 unspecified atom stereocenters. The van der Waals surface area contributed by atoms with E-state index in [2.05, 4.69) is 14.8 Å². The molecule has 0 radical (unpaired) electrons. The summed E-state index contributed by atoms with van der Waals surface area (Å²) in [5, 5.41) is 0.759. The van der Waals surface area contributed by atoms with E-state index >= 15 is 0 Å². The SMILES string of the molecule is CSC1=NC(Cl)=NC(N)N1OC(F)F. The lowest BCUT2D eigenvalue weighted by Crippen LogP contribution is -2.46. The average molecular weight is 245 g/mol. The highest BCUT2D eigenvalue weighted by atomic mass is 35.5. The van der Waals surface area contributed by atoms with E-state index in [0.717, 1.165) is 11.8 Å². The number of alkyl halides is 2. The minimum Gasteiger partial charge on any atom is -0.290 e. The van der Waals surface area contributed by atoms with Crippen LogP contribution in [0.3, 0.4) is 0 Å². The van der Waals surface area contributed by atoms with Crippen LogP contribution in [0.15, 0.2) is 9.98 Å². The lowest BCUT2D eigenvalue weighted by molar-refractivity contribution is -0.260. The summed E-state index contributed by atoms with van der Waals surface area (Å²) in [7, 11) is 0. The van der Waals surface area contributed by atoms with E-state index in [0.29, 0.717) is 5.06 Å². The third kappa shape index (κ3) is 2.77. The lowest BCUT2D eigenvalue weighted by Gasteiger charge is -2.28. The first-order valence-electron chi connectivity index (χ1n) is 3.40. The predicted molar refractivity (Wildman–Crippen MR) is 51.1 cm³/mol. The number of nitrogens with two attached hydrogens (primary N) is 1. The van der Waals surface area contributed by atoms with Crippen molar-refractivity contribution in [2.45, 2.75) is 12.9 Å². The molecule has 14 heavy (non-hydrogen) atoms. The fourth-order valence-electron chi connectivity index (χ4n) is 0.761. The van der Waals surface area contributed by atoms with Crippen molar-refractivity contribution >= 4 is 33.8 Å². The topological polar surface area (TPSA) is 63.2 Å². The van der Waals surface area contributed by atoms with Crippen LogP contribution in [-0.4, -0.2) is 34.7 Å². The van der Waals surface area contributed by atoms with E-state index in [9.17, 15) is 8.78 Å². The number of halogens is 3. The molecule has 0 saturated carbocycles. The van der Waals surface area contributed by atoms with Crippen LogP contribution in [0.5, 0.6) is 0 Å². The van der Waals surface area contributed by atoms with Gasteiger partial charge in [-0.1, -0.05) is 11.8 Å². The van der Waals surface area contributed by atoms with Gasteiger partial charge in [0.15, 0.2) is 5.17 Å². The van der Waals surface area contributed by atoms with E-state index < -0.39 is 12.9 Å². The summed E-state index contributed by atoms with van der Waals surface area (Å²) < 4.78 is 23.9. The Morgan fingerprint density at radius 2 is 2.36 bits per heavy atom. The molecule has 1 atom stereocenters. The molecule has 1 heterocycles. The highest BCUT2D eigenvalue weighted by Crippen LogP contribution is 2.17. The second kappa shape index (κ2) is 4.87. The molecule has 0 aromatic carbocycles. The van der Waals surface area contributed by atoms with Gasteiger partial charge in [0.25, 0.3) is 0 Å². The molecule has 1 rings (SSSR count). The molecule has 0 aromatic rings. The first-order chi connectivity index (χ1) is 6.54. The molecule has 0 amide bonds. The number of amidine groups is 2. The van der Waals surface area contributed by atoms with Gasteiger partial charge in [0, 0.05) is 0 Å². The van der Waals surface area contributed by atoms with Crippen molar-refractivity contribution in [1.29, 1.82) is 0 Å². The van der Waals surface area contributed by atoms with Gasteiger partial charge in [-0.15, -0.1) is 0 Å². The highest BCUT2D eigenvalue weighted by molar-refractivity contribution is 8.13. The number of thioether (sulfide) groups is 1. The molecule has 0 fully saturated rings. The Morgan fingerprint density at radius 3 is 2.86 bits per heavy atom. The molecular formula is C5H7ClF2N4OS. The fourth-order valence-corrected chi connectivity index (χ4v) is 1.50. The maximum Gasteiger partial charge on any atom is 0.365 e. The van der Waals surface area contributed by atoms with Crippen LogP contribution in [0.2, 0.25) is 0 Å². The van der Waals surface area contributed by atoms with Gasteiger partial charge in [0.1, 0.15) is 0 Å². The molecule has 5 nitrogen and oxygen atoms in total. The number of hydrogen-bond donors (Lipinski definition) is 1. The van der Waals surface area contributed by atoms with Crippen molar-refractivity contribution in [3.8, 4) is 0 Å². The van der Waals surface area contributed by atoms with Crippen molar-refractivity contribution < 1.29 is 13.6 Å². The zero-order chi connectivity index (χ0) is 10.7. The zero-order valence-electron chi connectivity index (χ0n) is 7.02. The Labute approximate surface area is 87.9 Å². The summed E-state index contributed by atoms with van der Waals surface area (Å²) in [5.41, 5.74) is 5.39. The molecule has 0 spiro atoms. The Hall–Kier alpha value is -0.440. The number of rotatable bonds is 2. The van der Waals surface area contributed by atoms with E-state index in [4.69, 9.17) is 17.3 Å². The van der Waals surface area contributed by atoms with Gasteiger partial charge in [-0.2, -0.15) is 23.7 Å². The molecule has 1 aliphatic heterocycles. The molecular weight excluding hydrogens is 238 g/mol. The average Bonchev–Trinajstić information content (AvgIpc) is 2.08. The van der Waals surface area contributed by atoms with Crippen molar-refractivity contribution in [2.24, 2.45) is 15.7 Å². The van der Waals surface area contributed by atoms with Crippen LogP contribution in [0.25, 0.3) is 0 Å². The number of hydrogen-bond acceptors (Lipinski definition) is 6. The summed E-state index contributed by atoms with van der Waals surface area (Å²) in [6, 6.07) is 0. The lowest BCUT2D eigenvalue weighted by atomic mass is 10.8. The van der Waals surface area contributed by atoms with Crippen LogP contribution < -0.4 is 5.73 Å². The van der Waals surface area contributed by atoms with Gasteiger partial charge < -0.3 is 0 Å². The van der Waals surface area contributed by atoms with E-state index in [1.165, 1.54) is 0 Å². The number of nitrogens with zero attached hydrogens (tertiary/aromatic N) is 3. The third-order valence-corrected chi connectivity index (χ3v) is 2.05. The Bertz CT molecular complexity index is 274. The standard InChI is InChI=1S/C5H7ClF2N4OS/c1-14-5-11-2(6)10-4(9)12(5)13-3(7)8/h3-4H,9H2,1H3. The van der Waals surface area contributed by atoms with Crippen LogP contribution in [0.1, 0.15) is 0 Å². The summed E-state index contributed by atoms with van der Waals surface area (Å²) in [5.74, 6) is 0. The zero-order valence-corrected chi connectivity index (χ0v) is 8.60. The third-order valence-electron chi connectivity index (χ3n) is 1.23. The molecule has 0 saturated heterocycles. The maximum atomic E-state index is 11.9. The van der Waals surface area contributed by atoms with Crippen LogP contribution >= 0.6 is 23.4 Å². The quantitative estimate of drug-likeness (QED) is 0.737. The Kier molecular flexibility index (Phi) is 4.05. The molecule has 1 aliphatic rings. The normalized spacial score (nSPS) is 22.4. The summed E-state index contributed by atoms with van der Waals surface area (Å²) >= 11 is 6.56. The van der Waals surface area contributed by atoms with Gasteiger partial charge in [-0.05, 0) is 17.9 Å². The minimum atomic E-state index is -2.98. The molecule has 2 N–H and O–H groups in total. The largest absolute Gasteiger partial charge is 0.365 e. The molecule has 0 aromatic heterocycles. The Morgan fingerprint density at radius 1 is 1.71 bits per heavy atom. The van der Waals surface area contributed by atoms with Crippen molar-refractivity contribution in [2.75, 3.05) is 6.26 Å². The second-order valence-corrected chi connectivity index (χ2v) is 3.21. The van der Waals surface area contributed by atoms with Gasteiger partial charge in [0.2, 0.25) is 11.6 Å². The summed E-state index contributed by atoms with van der Waals surface area (Å²) in [6.45, 7) is -2.98. The molecule has 9 heteroatoms. The van der Waals surface area contributed by atoms with E-state index in [-0.39, 0.29) is 10.5 Å². The second-order valence-electron chi connectivity index (χ2n) is 2.10. The van der Waals surface area contributed by atoms with E-state index in [1.807, 2.05) is 0 Å². The van der Waals surface area contributed by atoms with E-state index in [1.54, 1.807) is 6.26 Å². The number of aliphatic imine (C=N–C) groups is 2. The minimum absolute atomic E-state index is 0.0871. The Balaban J connectivity index is 2.79. The first-order valence-corrected chi connectivity index (χ1v) is 5.00. The van der Waals surface area contributed by atoms with Gasteiger partial charge in [-0.3, -0.25) is 5.73 Å². The molecule has 0 aliphatic carbocycles. The van der Waals surface area contributed by atoms with Crippen molar-refractivity contribution in [3.05, 3.63) is 0 Å². The van der Waals surface area contributed by atoms with Crippen LogP contribution in [-0.2, 0) is 4.84 Å². The van der Waals surface area contributed by atoms with Gasteiger partial charge in [0.05, 0.1) is 0 Å². The van der Waals surface area contributed by atoms with Crippen LogP contribution in [0.4, 0.5) is 8.78 Å². The fraction of sp³-hybridized carbons (Fsp3) is 0.600. The molecule has 80 valence electrons. The maximum absolute atomic E-state index is 11.9. The van der Waals surface area contributed by atoms with Crippen molar-refractivity contribution in [1.82, 2.24) is 5.06 Å². The van der Waals surface area contributed by atoms with Crippen LogP contribution in [0, 0.1) is 0 Å². The van der Waals surface area contributed by atoms with Gasteiger partial charge >= 0.3 is 6.61 Å². The summed E-state index contributed by atoms with van der Waals surface area (Å²) in [4.78, 5) is 11.3. The van der Waals surface area contributed by atoms with Crippen molar-refractivity contribution in [3.63, 3.8) is 0 Å². The smallest absolute Gasteiger partial charge is 0.290 e. The number of hydroxylamine groups is 2. The predicted octanol–water partition coefficient (Wildman–Crippen LogP) is 1.01. The molecule has 0 bridgehead atoms. The monoisotopic (exact) mass is 244 g/mol.